The summed E-state index contributed by atoms with van der Waals surface area (Å²) in [6, 6.07) is 0.477. The number of hydrogen-bond donors (Lipinski definition) is 2. The van der Waals surface area contributed by atoms with Crippen molar-refractivity contribution in [3.8, 4) is 0 Å². The van der Waals surface area contributed by atoms with E-state index in [0.29, 0.717) is 17.7 Å². The molecule has 1 unspecified atom stereocenters. The minimum atomic E-state index is -0.550. The fraction of sp³-hybridized carbons (Fsp3) is 0.750. The first kappa shape index (κ1) is 13.3. The second-order valence-electron chi connectivity index (χ2n) is 5.42. The Bertz CT molecular complexity index is 484. The molecule has 1 aromatic rings. The van der Waals surface area contributed by atoms with Crippen LogP contribution in [0.1, 0.15) is 31.5 Å². The second-order valence-corrected chi connectivity index (χ2v) is 7.40. The molecular formula is C12H18N4OS2. The van der Waals surface area contributed by atoms with Crippen LogP contribution in [0.5, 0.6) is 0 Å². The molecule has 5 nitrogen and oxygen atoms in total. The van der Waals surface area contributed by atoms with Gasteiger partial charge in [0.2, 0.25) is 5.91 Å². The zero-order chi connectivity index (χ0) is 13.5. The van der Waals surface area contributed by atoms with Gasteiger partial charge in [-0.05, 0) is 50.1 Å². The topological polar surface area (TPSA) is 80.9 Å². The van der Waals surface area contributed by atoms with Crippen LogP contribution in [0.15, 0.2) is 4.34 Å². The van der Waals surface area contributed by atoms with E-state index in [0.717, 1.165) is 35.8 Å². The Morgan fingerprint density at radius 2 is 2.26 bits per heavy atom. The van der Waals surface area contributed by atoms with Crippen LogP contribution in [-0.4, -0.2) is 32.6 Å². The molecule has 104 valence electrons. The van der Waals surface area contributed by atoms with Crippen molar-refractivity contribution < 1.29 is 4.79 Å². The van der Waals surface area contributed by atoms with E-state index in [2.05, 4.69) is 14.7 Å². The van der Waals surface area contributed by atoms with Crippen molar-refractivity contribution in [3.63, 3.8) is 0 Å². The smallest absolute Gasteiger partial charge is 0.238 e. The van der Waals surface area contributed by atoms with E-state index in [-0.39, 0.29) is 5.91 Å². The fourth-order valence-corrected chi connectivity index (χ4v) is 4.23. The summed E-state index contributed by atoms with van der Waals surface area (Å²) in [6.07, 6.45) is 4.51. The molecule has 1 amide bonds. The van der Waals surface area contributed by atoms with Gasteiger partial charge in [0.1, 0.15) is 11.4 Å². The lowest BCUT2D eigenvalue weighted by atomic mass is 9.94. The summed E-state index contributed by atoms with van der Waals surface area (Å²) in [7, 11) is 0. The van der Waals surface area contributed by atoms with E-state index < -0.39 is 5.54 Å². The maximum atomic E-state index is 12.0. The van der Waals surface area contributed by atoms with Gasteiger partial charge in [-0.15, -0.1) is 0 Å². The molecular weight excluding hydrogens is 280 g/mol. The number of aromatic nitrogens is 2. The van der Waals surface area contributed by atoms with E-state index >= 15 is 0 Å². The van der Waals surface area contributed by atoms with E-state index in [4.69, 9.17) is 5.73 Å². The van der Waals surface area contributed by atoms with Crippen molar-refractivity contribution >= 4 is 29.2 Å². The van der Waals surface area contributed by atoms with Gasteiger partial charge in [0.05, 0.1) is 0 Å². The predicted octanol–water partition coefficient (Wildman–Crippen LogP) is 1.32. The van der Waals surface area contributed by atoms with Crippen LogP contribution >= 0.6 is 23.3 Å². The molecule has 7 heteroatoms. The summed E-state index contributed by atoms with van der Waals surface area (Å²) < 4.78 is 5.09. The van der Waals surface area contributed by atoms with Gasteiger partial charge in [-0.1, -0.05) is 11.8 Å². The maximum absolute atomic E-state index is 12.0. The quantitative estimate of drug-likeness (QED) is 0.742. The molecule has 2 aliphatic carbocycles. The van der Waals surface area contributed by atoms with Crippen molar-refractivity contribution in [1.29, 1.82) is 0 Å². The third-order valence-electron chi connectivity index (χ3n) is 3.69. The molecule has 2 aliphatic rings. The number of thioether (sulfide) groups is 1. The molecule has 0 saturated heterocycles. The van der Waals surface area contributed by atoms with Gasteiger partial charge in [-0.2, -0.15) is 4.37 Å². The molecule has 3 rings (SSSR count). The van der Waals surface area contributed by atoms with Crippen LogP contribution in [0.2, 0.25) is 0 Å². The number of primary amides is 1. The largest absolute Gasteiger partial charge is 0.368 e. The number of nitrogens with zero attached hydrogens (tertiary/aromatic N) is 2. The fourth-order valence-electron chi connectivity index (χ4n) is 2.30. The van der Waals surface area contributed by atoms with E-state index in [1.165, 1.54) is 11.5 Å². The van der Waals surface area contributed by atoms with Gasteiger partial charge in [-0.3, -0.25) is 10.1 Å². The van der Waals surface area contributed by atoms with Crippen LogP contribution < -0.4 is 11.1 Å². The molecule has 1 heterocycles. The second kappa shape index (κ2) is 5.03. The minimum Gasteiger partial charge on any atom is -0.368 e. The van der Waals surface area contributed by atoms with E-state index in [9.17, 15) is 4.79 Å². The highest BCUT2D eigenvalue weighted by Crippen LogP contribution is 2.44. The normalized spacial score (nSPS) is 22.2. The molecule has 3 N–H and O–H groups in total. The van der Waals surface area contributed by atoms with Crippen molar-refractivity contribution in [2.75, 3.05) is 5.75 Å². The van der Waals surface area contributed by atoms with Crippen LogP contribution in [0, 0.1) is 12.8 Å². The van der Waals surface area contributed by atoms with Crippen LogP contribution in [0.25, 0.3) is 0 Å². The Kier molecular flexibility index (Phi) is 3.53. The molecule has 0 bridgehead atoms. The standard InChI is InChI=1S/C12H18N4OS2/c1-7-14-11(19-16-7)18-6-12(10(13)17,8-2-3-8)15-9-4-5-9/h8-9,15H,2-6H2,1H3,(H2,13,17). The molecule has 1 aromatic heterocycles. The Morgan fingerprint density at radius 1 is 1.53 bits per heavy atom. The zero-order valence-corrected chi connectivity index (χ0v) is 12.5. The van der Waals surface area contributed by atoms with Gasteiger partial charge in [0.15, 0.2) is 4.34 Å². The summed E-state index contributed by atoms with van der Waals surface area (Å²) in [5.74, 6) is 1.64. The first-order valence-electron chi connectivity index (χ1n) is 6.61. The molecule has 0 aliphatic heterocycles. The number of carbonyl (C=O) groups excluding carboxylic acids is 1. The highest BCUT2D eigenvalue weighted by molar-refractivity contribution is 8.01. The molecule has 2 fully saturated rings. The Labute approximate surface area is 120 Å². The monoisotopic (exact) mass is 298 g/mol. The van der Waals surface area contributed by atoms with Crippen LogP contribution in [0.3, 0.4) is 0 Å². The summed E-state index contributed by atoms with van der Waals surface area (Å²) in [5.41, 5.74) is 5.16. The van der Waals surface area contributed by atoms with E-state index in [1.807, 2.05) is 6.92 Å². The summed E-state index contributed by atoms with van der Waals surface area (Å²) in [4.78, 5) is 16.3. The number of carbonyl (C=O) groups is 1. The molecule has 0 radical (unpaired) electrons. The number of rotatable bonds is 7. The van der Waals surface area contributed by atoms with Gasteiger partial charge in [0.25, 0.3) is 0 Å². The Morgan fingerprint density at radius 3 is 2.74 bits per heavy atom. The average molecular weight is 298 g/mol. The van der Waals surface area contributed by atoms with Crippen molar-refractivity contribution in [2.45, 2.75) is 48.5 Å². The number of amides is 1. The van der Waals surface area contributed by atoms with Crippen LogP contribution in [0.4, 0.5) is 0 Å². The summed E-state index contributed by atoms with van der Waals surface area (Å²) in [5, 5.41) is 3.50. The number of nitrogens with one attached hydrogen (secondary N) is 1. The van der Waals surface area contributed by atoms with Gasteiger partial charge < -0.3 is 5.73 Å². The molecule has 1 atom stereocenters. The first-order chi connectivity index (χ1) is 9.10. The Balaban J connectivity index is 1.72. The third kappa shape index (κ3) is 2.93. The lowest BCUT2D eigenvalue weighted by Gasteiger charge is -2.31. The molecule has 19 heavy (non-hydrogen) atoms. The Hall–Kier alpha value is -0.660. The van der Waals surface area contributed by atoms with Crippen molar-refractivity contribution in [1.82, 2.24) is 14.7 Å². The maximum Gasteiger partial charge on any atom is 0.238 e. The first-order valence-corrected chi connectivity index (χ1v) is 8.37. The lowest BCUT2D eigenvalue weighted by Crippen LogP contribution is -2.60. The number of nitrogens with two attached hydrogens (primary N) is 1. The van der Waals surface area contributed by atoms with Crippen molar-refractivity contribution in [2.24, 2.45) is 11.7 Å². The van der Waals surface area contributed by atoms with Crippen molar-refractivity contribution in [3.05, 3.63) is 5.82 Å². The molecule has 0 spiro atoms. The number of hydrogen-bond acceptors (Lipinski definition) is 6. The van der Waals surface area contributed by atoms with Crippen LogP contribution in [-0.2, 0) is 4.79 Å². The minimum absolute atomic E-state index is 0.212. The van der Waals surface area contributed by atoms with Gasteiger partial charge in [-0.25, -0.2) is 4.98 Å². The summed E-state index contributed by atoms with van der Waals surface area (Å²) >= 11 is 2.99. The van der Waals surface area contributed by atoms with Gasteiger partial charge >= 0.3 is 0 Å². The van der Waals surface area contributed by atoms with Gasteiger partial charge in [0, 0.05) is 11.8 Å². The molecule has 2 saturated carbocycles. The average Bonchev–Trinajstić information content (AvgIpc) is 3.25. The van der Waals surface area contributed by atoms with E-state index in [1.54, 1.807) is 11.8 Å². The molecule has 0 aromatic carbocycles. The predicted molar refractivity (Wildman–Crippen MR) is 76.2 cm³/mol. The summed E-state index contributed by atoms with van der Waals surface area (Å²) in [6.45, 7) is 1.88. The number of aryl methyl sites for hydroxylation is 1. The third-order valence-corrected chi connectivity index (χ3v) is 5.80. The lowest BCUT2D eigenvalue weighted by molar-refractivity contribution is -0.124. The zero-order valence-electron chi connectivity index (χ0n) is 10.9. The highest BCUT2D eigenvalue weighted by atomic mass is 32.2. The highest BCUT2D eigenvalue weighted by Gasteiger charge is 2.51. The SMILES string of the molecule is Cc1nsc(SCC(NC2CC2)(C(N)=O)C2CC2)n1.